The standard InChI is InChI=1S/C24H29BrN2O5/c1-15(8-6-7-9-18(28)32-24(2,3)4)30-22-20-19(16-10-12-17(29-5)13-11-16)21(25)31-23(20)27-14-26-22/h10-15H,6-9H2,1-5H3/t15-/m1/s1. The van der Waals surface area contributed by atoms with Gasteiger partial charge in [0, 0.05) is 12.0 Å². The Morgan fingerprint density at radius 3 is 2.53 bits per heavy atom. The SMILES string of the molecule is COc1ccc(-c2c(Br)oc3ncnc(O[C@H](C)CCCCC(=O)OC(C)(C)C)c23)cc1. The highest BCUT2D eigenvalue weighted by Crippen LogP contribution is 2.41. The molecule has 0 unspecified atom stereocenters. The minimum Gasteiger partial charge on any atom is -0.497 e. The molecule has 0 aliphatic rings. The van der Waals surface area contributed by atoms with Gasteiger partial charge >= 0.3 is 5.97 Å². The van der Waals surface area contributed by atoms with Gasteiger partial charge in [0.05, 0.1) is 13.2 Å². The number of fused-ring (bicyclic) bond motifs is 1. The second kappa shape index (κ2) is 10.3. The monoisotopic (exact) mass is 504 g/mol. The summed E-state index contributed by atoms with van der Waals surface area (Å²) in [5, 5.41) is 0.713. The Hall–Kier alpha value is -2.61. The van der Waals surface area contributed by atoms with E-state index in [9.17, 15) is 4.79 Å². The van der Waals surface area contributed by atoms with Gasteiger partial charge in [-0.2, -0.15) is 0 Å². The van der Waals surface area contributed by atoms with E-state index in [0.29, 0.717) is 28.1 Å². The fourth-order valence-corrected chi connectivity index (χ4v) is 3.91. The van der Waals surface area contributed by atoms with Gasteiger partial charge in [0.15, 0.2) is 4.67 Å². The molecular formula is C24H29BrN2O5. The third-order valence-electron chi connectivity index (χ3n) is 4.76. The summed E-state index contributed by atoms with van der Waals surface area (Å²) in [4.78, 5) is 20.5. The molecule has 8 heteroatoms. The van der Waals surface area contributed by atoms with Crippen molar-refractivity contribution in [2.45, 2.75) is 65.1 Å². The molecule has 0 radical (unpaired) electrons. The Balaban J connectivity index is 1.69. The summed E-state index contributed by atoms with van der Waals surface area (Å²) in [5.41, 5.74) is 1.76. The Bertz CT molecular complexity index is 1060. The molecule has 0 fully saturated rings. The minimum atomic E-state index is -0.452. The minimum absolute atomic E-state index is 0.0934. The predicted molar refractivity (Wildman–Crippen MR) is 126 cm³/mol. The summed E-state index contributed by atoms with van der Waals surface area (Å²) >= 11 is 3.50. The molecule has 1 atom stereocenters. The zero-order chi connectivity index (χ0) is 23.3. The lowest BCUT2D eigenvalue weighted by molar-refractivity contribution is -0.154. The number of carbonyl (C=O) groups excluding carboxylic acids is 1. The lowest BCUT2D eigenvalue weighted by atomic mass is 10.1. The van der Waals surface area contributed by atoms with Crippen LogP contribution in [0.4, 0.5) is 0 Å². The van der Waals surface area contributed by atoms with Crippen LogP contribution in [0, 0.1) is 0 Å². The maximum atomic E-state index is 11.9. The van der Waals surface area contributed by atoms with Crippen molar-refractivity contribution in [1.82, 2.24) is 9.97 Å². The predicted octanol–water partition coefficient (Wildman–Crippen LogP) is 6.33. The number of rotatable bonds is 9. The molecule has 0 spiro atoms. The fourth-order valence-electron chi connectivity index (χ4n) is 3.33. The summed E-state index contributed by atoms with van der Waals surface area (Å²) in [6.45, 7) is 7.61. The first-order valence-electron chi connectivity index (χ1n) is 10.6. The second-order valence-corrected chi connectivity index (χ2v) is 9.32. The van der Waals surface area contributed by atoms with Crippen LogP contribution in [0.1, 0.15) is 53.4 Å². The molecule has 172 valence electrons. The molecule has 0 bridgehead atoms. The van der Waals surface area contributed by atoms with Crippen LogP contribution < -0.4 is 9.47 Å². The summed E-state index contributed by atoms with van der Waals surface area (Å²) in [6.07, 6.45) is 4.11. The Morgan fingerprint density at radius 1 is 1.16 bits per heavy atom. The second-order valence-electron chi connectivity index (χ2n) is 8.60. The largest absolute Gasteiger partial charge is 0.497 e. The van der Waals surface area contributed by atoms with E-state index in [-0.39, 0.29) is 12.1 Å². The van der Waals surface area contributed by atoms with Crippen LogP contribution in [0.15, 0.2) is 39.7 Å². The van der Waals surface area contributed by atoms with Crippen LogP contribution >= 0.6 is 15.9 Å². The number of nitrogens with zero attached hydrogens (tertiary/aromatic N) is 2. The van der Waals surface area contributed by atoms with E-state index in [4.69, 9.17) is 18.6 Å². The molecular weight excluding hydrogens is 476 g/mol. The highest BCUT2D eigenvalue weighted by Gasteiger charge is 2.22. The molecule has 0 saturated carbocycles. The number of esters is 1. The molecule has 0 amide bonds. The number of aromatic nitrogens is 2. The maximum absolute atomic E-state index is 11.9. The van der Waals surface area contributed by atoms with Gasteiger partial charge in [0.2, 0.25) is 11.6 Å². The quantitative estimate of drug-likeness (QED) is 0.248. The number of methoxy groups -OCH3 is 1. The molecule has 0 N–H and O–H groups in total. The molecule has 32 heavy (non-hydrogen) atoms. The number of unbranched alkanes of at least 4 members (excludes halogenated alkanes) is 1. The Kier molecular flexibility index (Phi) is 7.77. The van der Waals surface area contributed by atoms with E-state index < -0.39 is 5.60 Å². The van der Waals surface area contributed by atoms with Gasteiger partial charge in [-0.25, -0.2) is 9.97 Å². The lowest BCUT2D eigenvalue weighted by Gasteiger charge is -2.19. The number of halogens is 1. The van der Waals surface area contributed by atoms with E-state index in [1.165, 1.54) is 6.33 Å². The summed E-state index contributed by atoms with van der Waals surface area (Å²) in [7, 11) is 1.63. The van der Waals surface area contributed by atoms with Crippen molar-refractivity contribution < 1.29 is 23.4 Å². The van der Waals surface area contributed by atoms with Crippen LogP contribution in [0.2, 0.25) is 0 Å². The van der Waals surface area contributed by atoms with Crippen molar-refractivity contribution in [1.29, 1.82) is 0 Å². The van der Waals surface area contributed by atoms with Crippen LogP contribution in [-0.2, 0) is 9.53 Å². The summed E-state index contributed by atoms with van der Waals surface area (Å²) < 4.78 is 23.1. The lowest BCUT2D eigenvalue weighted by Crippen LogP contribution is -2.23. The summed E-state index contributed by atoms with van der Waals surface area (Å²) in [5.74, 6) is 1.07. The van der Waals surface area contributed by atoms with Gasteiger partial charge in [-0.1, -0.05) is 12.1 Å². The molecule has 3 aromatic rings. The van der Waals surface area contributed by atoms with E-state index in [2.05, 4.69) is 25.9 Å². The first-order chi connectivity index (χ1) is 15.2. The number of carbonyl (C=O) groups is 1. The van der Waals surface area contributed by atoms with Crippen LogP contribution in [0.5, 0.6) is 11.6 Å². The average Bonchev–Trinajstić information content (AvgIpc) is 3.07. The first-order valence-corrected chi connectivity index (χ1v) is 11.4. The zero-order valence-corrected chi connectivity index (χ0v) is 20.7. The van der Waals surface area contributed by atoms with Gasteiger partial charge in [-0.15, -0.1) is 0 Å². The number of hydrogen-bond donors (Lipinski definition) is 0. The van der Waals surface area contributed by atoms with Crippen molar-refractivity contribution in [3.05, 3.63) is 35.3 Å². The van der Waals surface area contributed by atoms with Crippen molar-refractivity contribution in [3.8, 4) is 22.8 Å². The van der Waals surface area contributed by atoms with Crippen LogP contribution in [0.25, 0.3) is 22.2 Å². The molecule has 0 aliphatic heterocycles. The molecule has 2 aromatic heterocycles. The van der Waals surface area contributed by atoms with Gasteiger partial charge < -0.3 is 18.6 Å². The third-order valence-corrected chi connectivity index (χ3v) is 5.32. The van der Waals surface area contributed by atoms with Crippen LogP contribution in [-0.4, -0.2) is 34.8 Å². The fraction of sp³-hybridized carbons (Fsp3) is 0.458. The number of ether oxygens (including phenoxy) is 3. The number of hydrogen-bond acceptors (Lipinski definition) is 7. The normalized spacial score (nSPS) is 12.6. The van der Waals surface area contributed by atoms with Crippen LogP contribution in [0.3, 0.4) is 0 Å². The van der Waals surface area contributed by atoms with E-state index >= 15 is 0 Å². The van der Waals surface area contributed by atoms with E-state index in [1.54, 1.807) is 7.11 Å². The van der Waals surface area contributed by atoms with Gasteiger partial charge in [-0.3, -0.25) is 4.79 Å². The van der Waals surface area contributed by atoms with Crippen molar-refractivity contribution >= 4 is 33.0 Å². The Morgan fingerprint density at radius 2 is 1.88 bits per heavy atom. The van der Waals surface area contributed by atoms with Gasteiger partial charge in [0.25, 0.3) is 0 Å². The molecule has 2 heterocycles. The average molecular weight is 505 g/mol. The maximum Gasteiger partial charge on any atom is 0.306 e. The zero-order valence-electron chi connectivity index (χ0n) is 19.1. The first kappa shape index (κ1) is 24.0. The molecule has 7 nitrogen and oxygen atoms in total. The molecule has 0 saturated heterocycles. The number of furan rings is 1. The topological polar surface area (TPSA) is 83.7 Å². The smallest absolute Gasteiger partial charge is 0.306 e. The molecule has 1 aromatic carbocycles. The molecule has 0 aliphatic carbocycles. The Labute approximate surface area is 196 Å². The van der Waals surface area contributed by atoms with E-state index in [0.717, 1.165) is 36.1 Å². The van der Waals surface area contributed by atoms with Gasteiger partial charge in [-0.05, 0) is 80.6 Å². The van der Waals surface area contributed by atoms with Crippen molar-refractivity contribution in [3.63, 3.8) is 0 Å². The summed E-state index contributed by atoms with van der Waals surface area (Å²) in [6, 6.07) is 7.67. The third kappa shape index (κ3) is 6.22. The van der Waals surface area contributed by atoms with E-state index in [1.807, 2.05) is 52.0 Å². The molecule has 3 rings (SSSR count). The van der Waals surface area contributed by atoms with Crippen molar-refractivity contribution in [2.24, 2.45) is 0 Å². The van der Waals surface area contributed by atoms with Crippen molar-refractivity contribution in [2.75, 3.05) is 7.11 Å². The van der Waals surface area contributed by atoms with Gasteiger partial charge in [0.1, 0.15) is 23.1 Å². The highest BCUT2D eigenvalue weighted by atomic mass is 79.9. The highest BCUT2D eigenvalue weighted by molar-refractivity contribution is 9.10. The number of benzene rings is 1.